The zero-order valence-corrected chi connectivity index (χ0v) is 49.8. The van der Waals surface area contributed by atoms with Crippen molar-refractivity contribution in [2.75, 3.05) is 33.0 Å². The summed E-state index contributed by atoms with van der Waals surface area (Å²) in [7, 11) is 0. The second-order valence-corrected chi connectivity index (χ2v) is 21.9. The molecule has 27 heteroatoms. The molecule has 4 fully saturated rings. The van der Waals surface area contributed by atoms with Gasteiger partial charge in [-0.3, -0.25) is 4.79 Å². The van der Waals surface area contributed by atoms with Gasteiger partial charge in [0.15, 0.2) is 43.5 Å². The molecule has 0 saturated carbocycles. The smallest absolute Gasteiger partial charge is 0.338 e. The number of rotatable bonds is 25. The topological polar surface area (TPSA) is 376 Å². The number of ether oxygens (including phenoxy) is 13. The van der Waals surface area contributed by atoms with E-state index in [9.17, 15) is 64.5 Å². The predicted octanol–water partition coefficient (Wildman–Crippen LogP) is 1.54. The first-order valence-corrected chi connectivity index (χ1v) is 29.8. The summed E-state index contributed by atoms with van der Waals surface area (Å²) in [5.74, 6) is -5.70. The van der Waals surface area contributed by atoms with E-state index in [2.05, 4.69) is 5.32 Å². The number of hydrogen-bond donors (Lipinski definition) is 8. The van der Waals surface area contributed by atoms with Gasteiger partial charge in [0.05, 0.1) is 41.0 Å². The van der Waals surface area contributed by atoms with Crippen LogP contribution in [0.3, 0.4) is 0 Å². The van der Waals surface area contributed by atoms with Crippen molar-refractivity contribution in [3.05, 3.63) is 179 Å². The van der Waals surface area contributed by atoms with Crippen LogP contribution in [0.15, 0.2) is 152 Å². The second-order valence-electron chi connectivity index (χ2n) is 21.9. The van der Waals surface area contributed by atoms with E-state index in [4.69, 9.17) is 61.6 Å². The van der Waals surface area contributed by atoms with E-state index in [1.807, 2.05) is 6.92 Å². The Labute approximate surface area is 527 Å². The normalized spacial score (nSPS) is 31.2. The number of benzene rings is 5. The molecule has 27 nitrogen and oxygen atoms in total. The molecule has 4 heterocycles. The van der Waals surface area contributed by atoms with E-state index in [1.54, 1.807) is 78.9 Å². The number of hydrogen-bond acceptors (Lipinski definition) is 26. The SMILES string of the molecule is CCCCO[C@@H]1OC(COC(=O)c2ccccc2)[C@@H](O[C@@H]2OC(COC(=O)c3ccccc3)[C@H](O)C(O[C@@H]3OC(CO)[C@@H](O[C@@H]4OC(CO)[C@H](O)C(O)[C@@H]4O)C(O)[C@@H]3NC(C)=O)[C@@H]2OC(=O)c2ccccc2)[C@H](OC(=O)c2ccccc2)C1OC(=O)c1ccccc1. The number of nitrogens with one attached hydrogen (secondary N) is 1. The van der Waals surface area contributed by atoms with Crippen molar-refractivity contribution in [1.82, 2.24) is 5.32 Å². The molecule has 0 aliphatic carbocycles. The van der Waals surface area contributed by atoms with Crippen LogP contribution >= 0.6 is 0 Å². The lowest BCUT2D eigenvalue weighted by Gasteiger charge is -2.50. The average Bonchev–Trinajstić information content (AvgIpc) is 0.784. The van der Waals surface area contributed by atoms with E-state index in [-0.39, 0.29) is 34.4 Å². The quantitative estimate of drug-likeness (QED) is 0.0233. The van der Waals surface area contributed by atoms with Crippen LogP contribution in [0.4, 0.5) is 0 Å². The Morgan fingerprint density at radius 1 is 0.402 bits per heavy atom. The fraction of sp³-hybridized carbons (Fsp3) is 0.446. The Morgan fingerprint density at radius 3 is 1.27 bits per heavy atom. The van der Waals surface area contributed by atoms with Crippen molar-refractivity contribution >= 4 is 35.8 Å². The van der Waals surface area contributed by atoms with Gasteiger partial charge in [-0.1, -0.05) is 104 Å². The molecule has 0 spiro atoms. The first-order valence-electron chi connectivity index (χ1n) is 29.8. The molecule has 0 bridgehead atoms. The lowest BCUT2D eigenvalue weighted by molar-refractivity contribution is -0.380. The highest BCUT2D eigenvalue weighted by Gasteiger charge is 2.59. The van der Waals surface area contributed by atoms with Crippen molar-refractivity contribution in [2.45, 2.75) is 149 Å². The number of carbonyl (C=O) groups is 6. The summed E-state index contributed by atoms with van der Waals surface area (Å²) in [5, 5.41) is 80.4. The van der Waals surface area contributed by atoms with Gasteiger partial charge < -0.3 is 103 Å². The van der Waals surface area contributed by atoms with Crippen LogP contribution in [0.1, 0.15) is 78.5 Å². The molecule has 5 aromatic rings. The Hall–Kier alpha value is -7.68. The van der Waals surface area contributed by atoms with Gasteiger partial charge in [-0.15, -0.1) is 0 Å². The summed E-state index contributed by atoms with van der Waals surface area (Å²) in [6.45, 7) is -0.557. The number of carbonyl (C=O) groups excluding carboxylic acids is 6. The molecule has 4 saturated heterocycles. The molecule has 1 amide bonds. The first-order chi connectivity index (χ1) is 44.5. The second kappa shape index (κ2) is 32.7. The maximum atomic E-state index is 14.7. The molecule has 20 atom stereocenters. The van der Waals surface area contributed by atoms with E-state index < -0.39 is 185 Å². The summed E-state index contributed by atoms with van der Waals surface area (Å²) in [4.78, 5) is 84.4. The monoisotopic (exact) mass is 1280 g/mol. The van der Waals surface area contributed by atoms with Gasteiger partial charge in [-0.25, -0.2) is 24.0 Å². The zero-order chi connectivity index (χ0) is 65.4. The van der Waals surface area contributed by atoms with Crippen LogP contribution in [0, 0.1) is 0 Å². The number of aliphatic hydroxyl groups excluding tert-OH is 7. The number of unbranched alkanes of at least 4 members (excludes halogenated alkanes) is 1. The Bertz CT molecular complexity index is 3170. The highest BCUT2D eigenvalue weighted by atomic mass is 16.8. The summed E-state index contributed by atoms with van der Waals surface area (Å²) in [6.07, 6.45) is -35.0. The minimum atomic E-state index is -2.18. The number of esters is 5. The van der Waals surface area contributed by atoms with E-state index in [1.165, 1.54) is 72.8 Å². The highest BCUT2D eigenvalue weighted by molar-refractivity contribution is 5.91. The third kappa shape index (κ3) is 16.9. The molecule has 5 aromatic carbocycles. The summed E-state index contributed by atoms with van der Waals surface area (Å²) >= 11 is 0. The van der Waals surface area contributed by atoms with Gasteiger partial charge >= 0.3 is 29.8 Å². The molecular weight excluding hydrogens is 1210 g/mol. The summed E-state index contributed by atoms with van der Waals surface area (Å²) < 4.78 is 81.4. The Balaban J connectivity index is 1.17. The predicted molar refractivity (Wildman–Crippen MR) is 312 cm³/mol. The molecule has 92 heavy (non-hydrogen) atoms. The van der Waals surface area contributed by atoms with Crippen molar-refractivity contribution in [1.29, 1.82) is 0 Å². The molecule has 494 valence electrons. The molecule has 8 unspecified atom stereocenters. The third-order valence-corrected chi connectivity index (χ3v) is 15.5. The van der Waals surface area contributed by atoms with Crippen molar-refractivity contribution in [3.8, 4) is 0 Å². The number of amides is 1. The van der Waals surface area contributed by atoms with Crippen LogP contribution in [-0.4, -0.2) is 227 Å². The summed E-state index contributed by atoms with van der Waals surface area (Å²) in [5.41, 5.74) is 0.110. The molecule has 9 rings (SSSR count). The van der Waals surface area contributed by atoms with Crippen LogP contribution in [-0.2, 0) is 66.4 Å². The molecule has 0 aromatic heterocycles. The molecule has 4 aliphatic heterocycles. The van der Waals surface area contributed by atoms with Crippen LogP contribution in [0.25, 0.3) is 0 Å². The minimum Gasteiger partial charge on any atom is -0.459 e. The molecule has 0 radical (unpaired) electrons. The van der Waals surface area contributed by atoms with Crippen molar-refractivity contribution in [2.24, 2.45) is 0 Å². The lowest BCUT2D eigenvalue weighted by atomic mass is 9.94. The lowest BCUT2D eigenvalue weighted by Crippen LogP contribution is -2.70. The molecule has 4 aliphatic rings. The molecular formula is C65H73NO26. The minimum absolute atomic E-state index is 0.00717. The Kier molecular flexibility index (Phi) is 24.4. The summed E-state index contributed by atoms with van der Waals surface area (Å²) in [6, 6.07) is 36.5. The van der Waals surface area contributed by atoms with E-state index >= 15 is 0 Å². The highest BCUT2D eigenvalue weighted by Crippen LogP contribution is 2.38. The van der Waals surface area contributed by atoms with Crippen LogP contribution in [0.5, 0.6) is 0 Å². The van der Waals surface area contributed by atoms with Gasteiger partial charge in [-0.2, -0.15) is 0 Å². The van der Waals surface area contributed by atoms with E-state index in [0.717, 1.165) is 6.92 Å². The maximum absolute atomic E-state index is 14.7. The van der Waals surface area contributed by atoms with Gasteiger partial charge in [0.25, 0.3) is 0 Å². The van der Waals surface area contributed by atoms with Crippen LogP contribution in [0.2, 0.25) is 0 Å². The average molecular weight is 1280 g/mol. The largest absolute Gasteiger partial charge is 0.459 e. The fourth-order valence-corrected chi connectivity index (χ4v) is 10.6. The fourth-order valence-electron chi connectivity index (χ4n) is 10.6. The Morgan fingerprint density at radius 2 is 0.804 bits per heavy atom. The van der Waals surface area contributed by atoms with Gasteiger partial charge in [0, 0.05) is 13.5 Å². The standard InChI is InChI=1S/C65H73NO26/c1-3-4-30-80-64-56(89-61(79)40-28-18-9-19-29-40)54(87-59(77)38-24-14-7-15-25-38)52(44(86-64)34-82-58(76)37-22-12-6-13-23-37)91-65-55(88-60(78)39-26-16-8-17-27-39)53(47(71)43(85-65)33-81-57(75)36-20-10-5-11-21-36)92-62-45(66-35(2)69)48(72)51(42(32-68)84-62)90-63-50(74)49(73)46(70)41(31-67)83-63/h5-29,41-56,62-65,67-68,70-74H,3-4,30-34H2,1-2H3,(H,66,69)/t41?,42?,43?,44?,45-,46-,47-,48?,49?,50-,51+,52+,53?,54-,55-,56?,62-,63-,64+,65-/m0/s1. The van der Waals surface area contributed by atoms with Gasteiger partial charge in [0.2, 0.25) is 5.91 Å². The van der Waals surface area contributed by atoms with Crippen LogP contribution < -0.4 is 5.32 Å². The van der Waals surface area contributed by atoms with Gasteiger partial charge in [-0.05, 0) is 67.1 Å². The van der Waals surface area contributed by atoms with Crippen molar-refractivity contribution in [3.63, 3.8) is 0 Å². The van der Waals surface area contributed by atoms with Crippen molar-refractivity contribution < 1.29 is 126 Å². The number of aliphatic hydroxyl groups is 7. The zero-order valence-electron chi connectivity index (χ0n) is 49.8. The van der Waals surface area contributed by atoms with E-state index in [0.29, 0.717) is 12.8 Å². The maximum Gasteiger partial charge on any atom is 0.338 e. The molecule has 8 N–H and O–H groups in total. The first kappa shape index (κ1) is 68.7. The van der Waals surface area contributed by atoms with Gasteiger partial charge in [0.1, 0.15) is 92.5 Å². The third-order valence-electron chi connectivity index (χ3n) is 15.5.